The summed E-state index contributed by atoms with van der Waals surface area (Å²) in [6.45, 7) is 8.47. The molecule has 0 spiro atoms. The quantitative estimate of drug-likeness (QED) is 0.263. The molecule has 0 N–H and O–H groups in total. The summed E-state index contributed by atoms with van der Waals surface area (Å²) in [5.74, 6) is 2.25. The van der Waals surface area contributed by atoms with Crippen molar-refractivity contribution in [1.29, 1.82) is 0 Å². The Bertz CT molecular complexity index is 1220. The van der Waals surface area contributed by atoms with Crippen molar-refractivity contribution in [3.63, 3.8) is 0 Å². The van der Waals surface area contributed by atoms with E-state index in [2.05, 4.69) is 50.2 Å². The lowest BCUT2D eigenvalue weighted by Gasteiger charge is -2.26. The molecule has 4 rings (SSSR count). The van der Waals surface area contributed by atoms with E-state index >= 15 is 0 Å². The molecule has 0 fully saturated rings. The van der Waals surface area contributed by atoms with Crippen LogP contribution in [0, 0.1) is 12.1 Å². The summed E-state index contributed by atoms with van der Waals surface area (Å²) in [4.78, 5) is 12.5. The maximum atomic E-state index is 12.5. The number of hydrogen-bond donors (Lipinski definition) is 0. The molecule has 0 amide bonds. The molecule has 0 heterocycles. The third-order valence-electron chi connectivity index (χ3n) is 5.80. The van der Waals surface area contributed by atoms with E-state index in [-0.39, 0.29) is 17.3 Å². The van der Waals surface area contributed by atoms with E-state index in [4.69, 9.17) is 9.47 Å². The second-order valence-corrected chi connectivity index (χ2v) is 9.02. The van der Waals surface area contributed by atoms with Gasteiger partial charge in [-0.25, -0.2) is 0 Å². The molecule has 3 nitrogen and oxygen atoms in total. The van der Waals surface area contributed by atoms with Crippen LogP contribution >= 0.6 is 0 Å². The van der Waals surface area contributed by atoms with Crippen LogP contribution in [0.25, 0.3) is 0 Å². The van der Waals surface area contributed by atoms with E-state index in [0.29, 0.717) is 16.9 Å². The number of carbonyl (C=O) groups is 1. The SMILES string of the molecule is CC(C)Oc1ccc(C(C)(C)c2ccc(Oc3ccc(C(=O)c4cc#ccc4)cc3)cc2)cc1. The zero-order valence-corrected chi connectivity index (χ0v) is 20.0. The first-order valence-electron chi connectivity index (χ1n) is 11.4. The Kier molecular flexibility index (Phi) is 6.70. The normalized spacial score (nSPS) is 11.1. The Balaban J connectivity index is 1.43. The molecule has 0 saturated heterocycles. The Labute approximate surface area is 202 Å². The van der Waals surface area contributed by atoms with Gasteiger partial charge in [0.1, 0.15) is 17.2 Å². The maximum absolute atomic E-state index is 12.5. The van der Waals surface area contributed by atoms with Gasteiger partial charge < -0.3 is 9.47 Å². The van der Waals surface area contributed by atoms with Crippen LogP contribution in [-0.4, -0.2) is 11.9 Å². The molecule has 170 valence electrons. The summed E-state index contributed by atoms with van der Waals surface area (Å²) in [5.41, 5.74) is 3.44. The van der Waals surface area contributed by atoms with Crippen molar-refractivity contribution >= 4 is 5.78 Å². The maximum Gasteiger partial charge on any atom is 0.193 e. The number of rotatable bonds is 8. The lowest BCUT2D eigenvalue weighted by molar-refractivity contribution is 0.103. The minimum Gasteiger partial charge on any atom is -0.491 e. The Morgan fingerprint density at radius 2 is 1.24 bits per heavy atom. The highest BCUT2D eigenvalue weighted by Crippen LogP contribution is 2.34. The number of ether oxygens (including phenoxy) is 2. The summed E-state index contributed by atoms with van der Waals surface area (Å²) in [5, 5.41) is 0. The second-order valence-electron chi connectivity index (χ2n) is 9.02. The van der Waals surface area contributed by atoms with Crippen LogP contribution in [-0.2, 0) is 5.41 Å². The Morgan fingerprint density at radius 1 is 0.706 bits per heavy atom. The molecule has 4 aromatic carbocycles. The van der Waals surface area contributed by atoms with E-state index in [9.17, 15) is 4.79 Å². The molecular weight excluding hydrogens is 420 g/mol. The highest BCUT2D eigenvalue weighted by atomic mass is 16.5. The fraction of sp³-hybridized carbons (Fsp3) is 0.194. The van der Waals surface area contributed by atoms with Gasteiger partial charge in [-0.2, -0.15) is 0 Å². The molecular formula is C31H28O3. The monoisotopic (exact) mass is 448 g/mol. The second kappa shape index (κ2) is 9.85. The van der Waals surface area contributed by atoms with Crippen molar-refractivity contribution in [3.05, 3.63) is 125 Å². The van der Waals surface area contributed by atoms with Crippen molar-refractivity contribution in [1.82, 2.24) is 0 Å². The minimum absolute atomic E-state index is 0.0489. The molecule has 0 aliphatic heterocycles. The molecule has 34 heavy (non-hydrogen) atoms. The van der Waals surface area contributed by atoms with Gasteiger partial charge in [-0.1, -0.05) is 50.2 Å². The van der Waals surface area contributed by atoms with Gasteiger partial charge in [-0.3, -0.25) is 4.79 Å². The van der Waals surface area contributed by atoms with Crippen molar-refractivity contribution in [3.8, 4) is 17.2 Å². The van der Waals surface area contributed by atoms with E-state index in [0.717, 1.165) is 11.5 Å². The van der Waals surface area contributed by atoms with Crippen LogP contribution in [0.1, 0.15) is 54.7 Å². The molecule has 0 atom stereocenters. The van der Waals surface area contributed by atoms with Gasteiger partial charge in [0.2, 0.25) is 0 Å². The fourth-order valence-electron chi connectivity index (χ4n) is 3.79. The summed E-state index contributed by atoms with van der Waals surface area (Å²) in [6.07, 6.45) is 0.157. The highest BCUT2D eigenvalue weighted by Gasteiger charge is 2.23. The van der Waals surface area contributed by atoms with Crippen molar-refractivity contribution < 1.29 is 14.3 Å². The van der Waals surface area contributed by atoms with Crippen molar-refractivity contribution in [2.45, 2.75) is 39.2 Å². The summed E-state index contributed by atoms with van der Waals surface area (Å²) >= 11 is 0. The number of ketones is 1. The molecule has 0 unspecified atom stereocenters. The molecule has 0 bridgehead atoms. The van der Waals surface area contributed by atoms with Gasteiger partial charge in [0.05, 0.1) is 6.10 Å². The van der Waals surface area contributed by atoms with Gasteiger partial charge in [-0.15, -0.1) is 0 Å². The largest absolute Gasteiger partial charge is 0.491 e. The Morgan fingerprint density at radius 3 is 1.74 bits per heavy atom. The summed E-state index contributed by atoms with van der Waals surface area (Å²) < 4.78 is 11.8. The smallest absolute Gasteiger partial charge is 0.193 e. The first-order valence-corrected chi connectivity index (χ1v) is 11.4. The number of hydrogen-bond acceptors (Lipinski definition) is 3. The summed E-state index contributed by atoms with van der Waals surface area (Å²) in [7, 11) is 0. The Hall–Kier alpha value is -4.03. The van der Waals surface area contributed by atoms with Crippen LogP contribution in [0.2, 0.25) is 0 Å². The van der Waals surface area contributed by atoms with E-state index < -0.39 is 0 Å². The minimum atomic E-state index is -0.163. The zero-order valence-electron chi connectivity index (χ0n) is 20.0. The zero-order chi connectivity index (χ0) is 24.1. The summed E-state index contributed by atoms with van der Waals surface area (Å²) in [6, 6.07) is 34.3. The average Bonchev–Trinajstić information content (AvgIpc) is 2.85. The van der Waals surface area contributed by atoms with Crippen LogP contribution in [0.3, 0.4) is 0 Å². The topological polar surface area (TPSA) is 35.5 Å². The third kappa shape index (κ3) is 5.30. The van der Waals surface area contributed by atoms with Crippen LogP contribution < -0.4 is 9.47 Å². The van der Waals surface area contributed by atoms with Crippen molar-refractivity contribution in [2.24, 2.45) is 0 Å². The first kappa shape index (κ1) is 23.1. The molecule has 0 aliphatic carbocycles. The van der Waals surface area contributed by atoms with Gasteiger partial charge in [0, 0.05) is 16.5 Å². The van der Waals surface area contributed by atoms with Gasteiger partial charge >= 0.3 is 0 Å². The standard InChI is InChI=1S/C31H28O3/c1-22(2)33-27-18-12-25(13-19-27)31(3,4)26-14-20-29(21-15-26)34-28-16-10-24(11-17-28)30(32)23-8-6-5-7-9-23/h6,8-22H,1-4H3. The van der Waals surface area contributed by atoms with Gasteiger partial charge in [-0.05, 0) is 91.7 Å². The number of benzene rings is 3. The predicted molar refractivity (Wildman–Crippen MR) is 135 cm³/mol. The van der Waals surface area contributed by atoms with Crippen LogP contribution in [0.15, 0.2) is 91.0 Å². The average molecular weight is 449 g/mol. The van der Waals surface area contributed by atoms with E-state index in [1.165, 1.54) is 11.1 Å². The lowest BCUT2D eigenvalue weighted by Crippen LogP contribution is -2.18. The van der Waals surface area contributed by atoms with Crippen LogP contribution in [0.5, 0.6) is 17.2 Å². The predicted octanol–water partition coefficient (Wildman–Crippen LogP) is 7.42. The van der Waals surface area contributed by atoms with E-state index in [1.54, 1.807) is 30.3 Å². The lowest BCUT2D eigenvalue weighted by atomic mass is 9.78. The molecule has 0 radical (unpaired) electrons. The molecule has 0 aliphatic rings. The first-order chi connectivity index (χ1) is 16.3. The molecule has 3 heteroatoms. The molecule has 0 saturated carbocycles. The van der Waals surface area contributed by atoms with Crippen molar-refractivity contribution in [2.75, 3.05) is 0 Å². The molecule has 0 aromatic heterocycles. The highest BCUT2D eigenvalue weighted by molar-refractivity contribution is 6.08. The van der Waals surface area contributed by atoms with Crippen LogP contribution in [0.4, 0.5) is 0 Å². The fourth-order valence-corrected chi connectivity index (χ4v) is 3.79. The van der Waals surface area contributed by atoms with Gasteiger partial charge in [0.15, 0.2) is 5.78 Å². The molecule has 4 aromatic rings. The third-order valence-corrected chi connectivity index (χ3v) is 5.80. The number of carbonyl (C=O) groups excluding carboxylic acids is 1. The van der Waals surface area contributed by atoms with E-state index in [1.807, 2.05) is 50.2 Å². The van der Waals surface area contributed by atoms with Gasteiger partial charge in [0.25, 0.3) is 0 Å².